The van der Waals surface area contributed by atoms with Gasteiger partial charge in [0, 0.05) is 17.8 Å². The molecular weight excluding hydrogens is 384 g/mol. The van der Waals surface area contributed by atoms with Gasteiger partial charge in [0.1, 0.15) is 0 Å². The lowest BCUT2D eigenvalue weighted by molar-refractivity contribution is -0.122. The van der Waals surface area contributed by atoms with Crippen LogP contribution < -0.4 is 4.90 Å². The van der Waals surface area contributed by atoms with Gasteiger partial charge in [0.05, 0.1) is 34.6 Å². The molecule has 3 aromatic rings. The number of hydrogen-bond acceptors (Lipinski definition) is 3. The normalized spacial score (nSPS) is 19.5. The minimum atomic E-state index is -0.664. The van der Waals surface area contributed by atoms with Gasteiger partial charge in [-0.05, 0) is 60.2 Å². The third-order valence-corrected chi connectivity index (χ3v) is 6.21. The van der Waals surface area contributed by atoms with Gasteiger partial charge in [-0.25, -0.2) is 0 Å². The molecule has 29 heavy (non-hydrogen) atoms. The van der Waals surface area contributed by atoms with Crippen LogP contribution in [0.15, 0.2) is 48.8 Å². The average Bonchev–Trinajstić information content (AvgIpc) is 3.38. The molecule has 1 aromatic heterocycles. The molecule has 1 amide bonds. The van der Waals surface area contributed by atoms with Crippen molar-refractivity contribution < 1.29 is 4.79 Å². The Labute approximate surface area is 174 Å². The van der Waals surface area contributed by atoms with Crippen LogP contribution in [0.1, 0.15) is 35.6 Å². The van der Waals surface area contributed by atoms with E-state index in [-0.39, 0.29) is 5.91 Å². The molecule has 0 fully saturated rings. The molecule has 144 valence electrons. The van der Waals surface area contributed by atoms with Crippen molar-refractivity contribution in [2.45, 2.75) is 38.1 Å². The zero-order valence-corrected chi connectivity index (χ0v) is 16.8. The summed E-state index contributed by atoms with van der Waals surface area (Å²) >= 11 is 6.31. The fourth-order valence-corrected chi connectivity index (χ4v) is 4.86. The van der Waals surface area contributed by atoms with E-state index >= 15 is 0 Å². The molecule has 6 heteroatoms. The first-order valence-electron chi connectivity index (χ1n) is 9.74. The Hall–Kier alpha value is -3.10. The number of benzene rings is 2. The second-order valence-electron chi connectivity index (χ2n) is 7.79. The van der Waals surface area contributed by atoms with E-state index in [1.54, 1.807) is 11.1 Å². The molecule has 1 aliphatic carbocycles. The van der Waals surface area contributed by atoms with Crippen molar-refractivity contribution in [1.29, 1.82) is 5.26 Å². The maximum Gasteiger partial charge on any atom is 0.243 e. The number of fused-ring (bicyclic) bond motifs is 3. The fraction of sp³-hybridized carbons (Fsp3) is 0.261. The Morgan fingerprint density at radius 3 is 2.83 bits per heavy atom. The number of carbonyl (C=O) groups excluding carboxylic acids is 1. The van der Waals surface area contributed by atoms with Crippen molar-refractivity contribution in [2.75, 3.05) is 4.90 Å². The van der Waals surface area contributed by atoms with Crippen LogP contribution in [0.2, 0.25) is 5.02 Å². The molecule has 1 spiro atoms. The van der Waals surface area contributed by atoms with Crippen molar-refractivity contribution >= 4 is 28.9 Å². The van der Waals surface area contributed by atoms with Crippen molar-refractivity contribution in [3.8, 4) is 6.07 Å². The first-order chi connectivity index (χ1) is 14.1. The van der Waals surface area contributed by atoms with Crippen molar-refractivity contribution in [3.63, 3.8) is 0 Å². The molecule has 1 unspecified atom stereocenters. The van der Waals surface area contributed by atoms with E-state index < -0.39 is 5.41 Å². The summed E-state index contributed by atoms with van der Waals surface area (Å²) in [4.78, 5) is 15.6. The Kier molecular flexibility index (Phi) is 4.01. The molecule has 0 radical (unpaired) electrons. The largest absolute Gasteiger partial charge is 0.277 e. The summed E-state index contributed by atoms with van der Waals surface area (Å²) in [6.07, 6.45) is 5.85. The van der Waals surface area contributed by atoms with Crippen LogP contribution in [-0.2, 0) is 29.6 Å². The lowest BCUT2D eigenvalue weighted by Crippen LogP contribution is -2.39. The van der Waals surface area contributed by atoms with Gasteiger partial charge in [-0.2, -0.15) is 10.4 Å². The third-order valence-electron chi connectivity index (χ3n) is 5.98. The third kappa shape index (κ3) is 2.60. The van der Waals surface area contributed by atoms with E-state index in [1.807, 2.05) is 47.3 Å². The predicted octanol–water partition coefficient (Wildman–Crippen LogP) is 4.53. The van der Waals surface area contributed by atoms with E-state index in [0.717, 1.165) is 41.0 Å². The lowest BCUT2D eigenvalue weighted by Gasteiger charge is -2.23. The molecule has 1 atom stereocenters. The lowest BCUT2D eigenvalue weighted by atomic mass is 9.79. The monoisotopic (exact) mass is 402 g/mol. The number of carbonyl (C=O) groups is 1. The van der Waals surface area contributed by atoms with Crippen molar-refractivity contribution in [2.24, 2.45) is 0 Å². The summed E-state index contributed by atoms with van der Waals surface area (Å²) in [6.45, 7) is 2.90. The first-order valence-corrected chi connectivity index (χ1v) is 10.1. The second-order valence-corrected chi connectivity index (χ2v) is 8.23. The van der Waals surface area contributed by atoms with Crippen LogP contribution in [-0.4, -0.2) is 15.7 Å². The van der Waals surface area contributed by atoms with Gasteiger partial charge in [-0.15, -0.1) is 0 Å². The summed E-state index contributed by atoms with van der Waals surface area (Å²) < 4.78 is 1.86. The highest BCUT2D eigenvalue weighted by Crippen LogP contribution is 2.52. The summed E-state index contributed by atoms with van der Waals surface area (Å²) in [6, 6.07) is 13.6. The van der Waals surface area contributed by atoms with Gasteiger partial charge in [0.15, 0.2) is 0 Å². The molecule has 0 saturated heterocycles. The topological polar surface area (TPSA) is 61.9 Å². The number of aromatic nitrogens is 2. The Balaban J connectivity index is 1.63. The summed E-state index contributed by atoms with van der Waals surface area (Å²) in [5.74, 6) is 0.0422. The van der Waals surface area contributed by atoms with Crippen molar-refractivity contribution in [1.82, 2.24) is 9.78 Å². The molecule has 0 N–H and O–H groups in total. The molecule has 2 aliphatic rings. The van der Waals surface area contributed by atoms with Gasteiger partial charge < -0.3 is 0 Å². The Morgan fingerprint density at radius 1 is 1.21 bits per heavy atom. The highest BCUT2D eigenvalue weighted by atomic mass is 35.5. The van der Waals surface area contributed by atoms with E-state index in [2.05, 4.69) is 18.1 Å². The molecule has 0 saturated carbocycles. The number of aryl methyl sites for hydroxylation is 1. The second kappa shape index (κ2) is 6.47. The summed E-state index contributed by atoms with van der Waals surface area (Å²) in [5, 5.41) is 14.3. The van der Waals surface area contributed by atoms with Crippen LogP contribution in [0.25, 0.3) is 0 Å². The smallest absolute Gasteiger partial charge is 0.243 e. The minimum absolute atomic E-state index is 0.0422. The number of halogens is 1. The van der Waals surface area contributed by atoms with Crippen LogP contribution in [0.3, 0.4) is 0 Å². The first kappa shape index (κ1) is 18.0. The van der Waals surface area contributed by atoms with E-state index in [9.17, 15) is 10.1 Å². The Bertz CT molecular complexity index is 1190. The van der Waals surface area contributed by atoms with Gasteiger partial charge >= 0.3 is 0 Å². The van der Waals surface area contributed by atoms with Crippen molar-refractivity contribution in [3.05, 3.63) is 76.1 Å². The maximum absolute atomic E-state index is 13.9. The van der Waals surface area contributed by atoms with E-state index in [4.69, 9.17) is 11.6 Å². The summed E-state index contributed by atoms with van der Waals surface area (Å²) in [5.41, 5.74) is 4.74. The maximum atomic E-state index is 13.9. The number of nitrogens with zero attached hydrogens (tertiary/aromatic N) is 4. The molecule has 2 heterocycles. The van der Waals surface area contributed by atoms with Crippen LogP contribution in [0.4, 0.5) is 11.4 Å². The van der Waals surface area contributed by atoms with Gasteiger partial charge in [0.2, 0.25) is 5.91 Å². The van der Waals surface area contributed by atoms with Crippen LogP contribution in [0.5, 0.6) is 0 Å². The van der Waals surface area contributed by atoms with Crippen LogP contribution >= 0.6 is 11.6 Å². The molecule has 1 aliphatic heterocycles. The number of nitriles is 1. The average molecular weight is 403 g/mol. The van der Waals surface area contributed by atoms with Gasteiger partial charge in [-0.3, -0.25) is 14.4 Å². The minimum Gasteiger partial charge on any atom is -0.277 e. The van der Waals surface area contributed by atoms with E-state index in [0.29, 0.717) is 23.4 Å². The number of rotatable bonds is 3. The number of hydrogen-bond donors (Lipinski definition) is 0. The predicted molar refractivity (Wildman–Crippen MR) is 111 cm³/mol. The highest BCUT2D eigenvalue weighted by Gasteiger charge is 2.54. The molecule has 5 nitrogen and oxygen atoms in total. The number of anilines is 2. The highest BCUT2D eigenvalue weighted by molar-refractivity contribution is 6.31. The number of amides is 1. The molecule has 2 aromatic carbocycles. The zero-order chi connectivity index (χ0) is 20.2. The molecule has 0 bridgehead atoms. The fourth-order valence-electron chi connectivity index (χ4n) is 4.70. The van der Waals surface area contributed by atoms with Gasteiger partial charge in [0.25, 0.3) is 0 Å². The SMILES string of the molecule is CCCn1cc(N2C(=O)C3(Cc4ccc(C#N)cc4C3)c3ccc(Cl)cc32)cn1. The Morgan fingerprint density at radius 2 is 2.03 bits per heavy atom. The standard InChI is InChI=1S/C23H19ClN4O/c1-2-7-27-14-19(13-26-27)28-21-9-18(24)5-6-20(21)23(22(28)29)10-16-4-3-15(12-25)8-17(16)11-23/h3-6,8-9,13-14H,2,7,10-11H2,1H3. The molecule has 5 rings (SSSR count). The van der Waals surface area contributed by atoms with E-state index in [1.165, 1.54) is 0 Å². The quantitative estimate of drug-likeness (QED) is 0.646. The zero-order valence-electron chi connectivity index (χ0n) is 16.0. The summed E-state index contributed by atoms with van der Waals surface area (Å²) in [7, 11) is 0. The molecular formula is C23H19ClN4O. The van der Waals surface area contributed by atoms with Crippen LogP contribution in [0, 0.1) is 11.3 Å². The van der Waals surface area contributed by atoms with Gasteiger partial charge in [-0.1, -0.05) is 30.7 Å².